The molecule has 0 aromatic carbocycles. The lowest BCUT2D eigenvalue weighted by molar-refractivity contribution is -0.140. The van der Waals surface area contributed by atoms with Crippen molar-refractivity contribution < 1.29 is 14.3 Å². The summed E-state index contributed by atoms with van der Waals surface area (Å²) in [6.45, 7) is 4.27. The first-order valence-corrected chi connectivity index (χ1v) is 6.09. The summed E-state index contributed by atoms with van der Waals surface area (Å²) in [7, 11) is 1.39. The zero-order chi connectivity index (χ0) is 13.3. The number of amides is 1. The topological polar surface area (TPSA) is 81.4 Å². The summed E-state index contributed by atoms with van der Waals surface area (Å²) in [6, 6.07) is -0.130. The fraction of sp³-hybridized carbons (Fsp3) is 0.833. The maximum absolute atomic E-state index is 11.5. The van der Waals surface area contributed by atoms with E-state index in [4.69, 9.17) is 5.73 Å². The number of hydrogen-bond donors (Lipinski definition) is 2. The smallest absolute Gasteiger partial charge is 0.305 e. The van der Waals surface area contributed by atoms with Gasteiger partial charge >= 0.3 is 5.97 Å². The average molecular weight is 281 g/mol. The molecule has 0 radical (unpaired) electrons. The van der Waals surface area contributed by atoms with Crippen LogP contribution >= 0.6 is 12.4 Å². The lowest BCUT2D eigenvalue weighted by Gasteiger charge is -2.15. The molecule has 0 saturated heterocycles. The fourth-order valence-corrected chi connectivity index (χ4v) is 1.28. The molecular weight excluding hydrogens is 256 g/mol. The molecule has 0 bridgehead atoms. The molecule has 2 unspecified atom stereocenters. The maximum atomic E-state index is 11.5. The SMILES string of the molecule is COC(=O)CCCCCNC(=O)C(C)C(C)N.Cl. The van der Waals surface area contributed by atoms with Crippen LogP contribution in [0.25, 0.3) is 0 Å². The largest absolute Gasteiger partial charge is 0.469 e. The number of hydrogen-bond acceptors (Lipinski definition) is 4. The summed E-state index contributed by atoms with van der Waals surface area (Å²) >= 11 is 0. The van der Waals surface area contributed by atoms with Crippen LogP contribution in [0, 0.1) is 5.92 Å². The molecule has 0 aliphatic rings. The van der Waals surface area contributed by atoms with Crippen LogP contribution in [0.4, 0.5) is 0 Å². The first kappa shape index (κ1) is 19.5. The molecular formula is C12H25ClN2O3. The van der Waals surface area contributed by atoms with Gasteiger partial charge in [0.1, 0.15) is 0 Å². The van der Waals surface area contributed by atoms with E-state index in [1.165, 1.54) is 7.11 Å². The first-order valence-electron chi connectivity index (χ1n) is 6.09. The van der Waals surface area contributed by atoms with Crippen molar-refractivity contribution in [1.82, 2.24) is 5.32 Å². The predicted molar refractivity (Wildman–Crippen MR) is 73.6 cm³/mol. The summed E-state index contributed by atoms with van der Waals surface area (Å²) in [6.07, 6.45) is 3.02. The van der Waals surface area contributed by atoms with Gasteiger partial charge in [-0.2, -0.15) is 0 Å². The van der Waals surface area contributed by atoms with Gasteiger partial charge in [0.25, 0.3) is 0 Å². The molecule has 0 spiro atoms. The van der Waals surface area contributed by atoms with Gasteiger partial charge in [0.15, 0.2) is 0 Å². The third-order valence-electron chi connectivity index (χ3n) is 2.79. The molecule has 0 aliphatic heterocycles. The number of rotatable bonds is 8. The van der Waals surface area contributed by atoms with E-state index in [0.29, 0.717) is 13.0 Å². The minimum absolute atomic E-state index is 0. The van der Waals surface area contributed by atoms with Gasteiger partial charge in [0.05, 0.1) is 7.11 Å². The average Bonchev–Trinajstić information content (AvgIpc) is 2.31. The molecule has 0 aromatic rings. The normalized spacial score (nSPS) is 13.1. The standard InChI is InChI=1S/C12H24N2O3.ClH/c1-9(10(2)13)12(16)14-8-6-4-5-7-11(15)17-3;/h9-10H,4-8,13H2,1-3H3,(H,14,16);1H. The van der Waals surface area contributed by atoms with Gasteiger partial charge in [0.2, 0.25) is 5.91 Å². The molecule has 3 N–H and O–H groups in total. The van der Waals surface area contributed by atoms with Crippen molar-refractivity contribution in [2.45, 2.75) is 45.6 Å². The van der Waals surface area contributed by atoms with Crippen LogP contribution in [0.15, 0.2) is 0 Å². The van der Waals surface area contributed by atoms with Crippen LogP contribution in [0.2, 0.25) is 0 Å². The van der Waals surface area contributed by atoms with Crippen molar-refractivity contribution >= 4 is 24.3 Å². The van der Waals surface area contributed by atoms with Gasteiger partial charge in [-0.3, -0.25) is 9.59 Å². The monoisotopic (exact) mass is 280 g/mol. The van der Waals surface area contributed by atoms with Gasteiger partial charge in [-0.05, 0) is 19.8 Å². The number of unbranched alkanes of at least 4 members (excludes halogenated alkanes) is 2. The van der Waals surface area contributed by atoms with Crippen LogP contribution in [-0.4, -0.2) is 31.6 Å². The minimum Gasteiger partial charge on any atom is -0.469 e. The molecule has 5 nitrogen and oxygen atoms in total. The number of nitrogens with two attached hydrogens (primary N) is 1. The number of ether oxygens (including phenoxy) is 1. The van der Waals surface area contributed by atoms with Crippen molar-refractivity contribution in [3.05, 3.63) is 0 Å². The van der Waals surface area contributed by atoms with Crippen LogP contribution in [-0.2, 0) is 14.3 Å². The minimum atomic E-state index is -0.181. The highest BCUT2D eigenvalue weighted by atomic mass is 35.5. The van der Waals surface area contributed by atoms with Gasteiger partial charge in [-0.15, -0.1) is 12.4 Å². The Hall–Kier alpha value is -0.810. The second kappa shape index (κ2) is 11.3. The number of carbonyl (C=O) groups excluding carboxylic acids is 2. The molecule has 6 heteroatoms. The van der Waals surface area contributed by atoms with E-state index in [-0.39, 0.29) is 36.2 Å². The highest BCUT2D eigenvalue weighted by Gasteiger charge is 2.15. The Morgan fingerprint density at radius 3 is 2.33 bits per heavy atom. The summed E-state index contributed by atoms with van der Waals surface area (Å²) in [4.78, 5) is 22.3. The van der Waals surface area contributed by atoms with E-state index in [1.807, 2.05) is 13.8 Å². The lowest BCUT2D eigenvalue weighted by Crippen LogP contribution is -2.38. The fourth-order valence-electron chi connectivity index (χ4n) is 1.28. The molecule has 0 saturated carbocycles. The second-order valence-electron chi connectivity index (χ2n) is 4.33. The number of carbonyl (C=O) groups is 2. The van der Waals surface area contributed by atoms with E-state index in [2.05, 4.69) is 10.1 Å². The third kappa shape index (κ3) is 9.24. The lowest BCUT2D eigenvalue weighted by atomic mass is 10.0. The first-order chi connectivity index (χ1) is 7.99. The molecule has 0 aromatic heterocycles. The molecule has 0 aliphatic carbocycles. The van der Waals surface area contributed by atoms with E-state index >= 15 is 0 Å². The Kier molecular flexibility index (Phi) is 12.2. The second-order valence-corrected chi connectivity index (χ2v) is 4.33. The van der Waals surface area contributed by atoms with Gasteiger partial charge in [-0.1, -0.05) is 13.3 Å². The highest BCUT2D eigenvalue weighted by Crippen LogP contribution is 2.02. The highest BCUT2D eigenvalue weighted by molar-refractivity contribution is 5.85. The van der Waals surface area contributed by atoms with Gasteiger partial charge in [-0.25, -0.2) is 0 Å². The summed E-state index contributed by atoms with van der Waals surface area (Å²) in [5, 5.41) is 2.83. The molecule has 0 fully saturated rings. The molecule has 0 rings (SSSR count). The summed E-state index contributed by atoms with van der Waals surface area (Å²) < 4.78 is 4.53. The van der Waals surface area contributed by atoms with Crippen LogP contribution in [0.5, 0.6) is 0 Å². The quantitative estimate of drug-likeness (QED) is 0.518. The summed E-state index contributed by atoms with van der Waals surface area (Å²) in [5.41, 5.74) is 5.63. The van der Waals surface area contributed by atoms with Crippen LogP contribution in [0.1, 0.15) is 39.5 Å². The molecule has 1 amide bonds. The number of esters is 1. The number of halogens is 1. The third-order valence-corrected chi connectivity index (χ3v) is 2.79. The number of nitrogens with one attached hydrogen (secondary N) is 1. The van der Waals surface area contributed by atoms with Gasteiger partial charge in [0, 0.05) is 24.9 Å². The predicted octanol–water partition coefficient (Wildman–Crippen LogP) is 1.24. The maximum Gasteiger partial charge on any atom is 0.305 e. The van der Waals surface area contributed by atoms with Crippen LogP contribution < -0.4 is 11.1 Å². The Balaban J connectivity index is 0. The van der Waals surface area contributed by atoms with Crippen molar-refractivity contribution in [2.24, 2.45) is 11.7 Å². The van der Waals surface area contributed by atoms with E-state index in [0.717, 1.165) is 19.3 Å². The Labute approximate surface area is 115 Å². The molecule has 0 heterocycles. The Bertz CT molecular complexity index is 247. The van der Waals surface area contributed by atoms with Crippen molar-refractivity contribution in [2.75, 3.05) is 13.7 Å². The molecule has 18 heavy (non-hydrogen) atoms. The Morgan fingerprint density at radius 2 is 1.83 bits per heavy atom. The van der Waals surface area contributed by atoms with E-state index in [1.54, 1.807) is 0 Å². The van der Waals surface area contributed by atoms with E-state index < -0.39 is 0 Å². The van der Waals surface area contributed by atoms with Crippen molar-refractivity contribution in [1.29, 1.82) is 0 Å². The zero-order valence-electron chi connectivity index (χ0n) is 11.4. The molecule has 108 valence electrons. The zero-order valence-corrected chi connectivity index (χ0v) is 12.2. The molecule has 2 atom stereocenters. The van der Waals surface area contributed by atoms with Crippen molar-refractivity contribution in [3.8, 4) is 0 Å². The van der Waals surface area contributed by atoms with Crippen LogP contribution in [0.3, 0.4) is 0 Å². The summed E-state index contributed by atoms with van der Waals surface area (Å²) in [5.74, 6) is -0.349. The van der Waals surface area contributed by atoms with Crippen molar-refractivity contribution in [3.63, 3.8) is 0 Å². The van der Waals surface area contributed by atoms with Gasteiger partial charge < -0.3 is 15.8 Å². The number of methoxy groups -OCH3 is 1. The Morgan fingerprint density at radius 1 is 1.22 bits per heavy atom. The van der Waals surface area contributed by atoms with E-state index in [9.17, 15) is 9.59 Å².